The summed E-state index contributed by atoms with van der Waals surface area (Å²) in [5, 5.41) is 12.9. The number of esters is 1. The third kappa shape index (κ3) is 9.39. The number of hydrogen-bond acceptors (Lipinski definition) is 5. The van der Waals surface area contributed by atoms with Crippen molar-refractivity contribution in [2.75, 3.05) is 6.61 Å². The first kappa shape index (κ1) is 31.2. The summed E-state index contributed by atoms with van der Waals surface area (Å²) in [5.74, 6) is -7.54. The first-order valence-corrected chi connectivity index (χ1v) is 11.6. The largest absolute Gasteiger partial charge is 0.457 e. The summed E-state index contributed by atoms with van der Waals surface area (Å²) in [7, 11) is 0. The number of benzene rings is 2. The number of alkyl halides is 5. The van der Waals surface area contributed by atoms with Gasteiger partial charge in [-0.15, -0.1) is 0 Å². The van der Waals surface area contributed by atoms with Crippen molar-refractivity contribution in [3.63, 3.8) is 0 Å². The van der Waals surface area contributed by atoms with Gasteiger partial charge in [0.2, 0.25) is 0 Å². The number of aliphatic hydroxyl groups is 1. The lowest BCUT2D eigenvalue weighted by Crippen LogP contribution is -2.45. The quantitative estimate of drug-likeness (QED) is 0.283. The van der Waals surface area contributed by atoms with Gasteiger partial charge in [-0.2, -0.15) is 22.0 Å². The van der Waals surface area contributed by atoms with Gasteiger partial charge in [-0.3, -0.25) is 0 Å². The van der Waals surface area contributed by atoms with Gasteiger partial charge >= 0.3 is 24.2 Å². The second-order valence-corrected chi connectivity index (χ2v) is 9.87. The van der Waals surface area contributed by atoms with Crippen molar-refractivity contribution in [2.45, 2.75) is 63.5 Å². The van der Waals surface area contributed by atoms with E-state index in [1.807, 2.05) is 0 Å². The first-order valence-electron chi connectivity index (χ1n) is 11.2. The SMILES string of the molecule is CC(C)(C)OC(=O)N[C@H](Cc1ccc(-c2cc(Cl)ccc2F)cc1)C[C@@H](O)C(=O)OCC(F)(F)C(F)(F)F. The van der Waals surface area contributed by atoms with Crippen LogP contribution in [0.1, 0.15) is 32.8 Å². The van der Waals surface area contributed by atoms with Crippen LogP contribution in [-0.2, 0) is 20.7 Å². The highest BCUT2D eigenvalue weighted by molar-refractivity contribution is 6.30. The van der Waals surface area contributed by atoms with Gasteiger partial charge in [-0.25, -0.2) is 14.0 Å². The monoisotopic (exact) mass is 569 g/mol. The van der Waals surface area contributed by atoms with Crippen LogP contribution in [0.4, 0.5) is 31.1 Å². The Morgan fingerprint density at radius 1 is 1.03 bits per heavy atom. The van der Waals surface area contributed by atoms with Crippen molar-refractivity contribution in [3.05, 3.63) is 58.9 Å². The van der Waals surface area contributed by atoms with Gasteiger partial charge in [-0.1, -0.05) is 35.9 Å². The molecule has 38 heavy (non-hydrogen) atoms. The van der Waals surface area contributed by atoms with Crippen LogP contribution in [0.15, 0.2) is 42.5 Å². The normalized spacial score (nSPS) is 14.0. The molecule has 0 bridgehead atoms. The van der Waals surface area contributed by atoms with Crippen LogP contribution in [0.2, 0.25) is 5.02 Å². The Hall–Kier alpha value is -2.99. The molecule has 2 rings (SSSR count). The zero-order valence-electron chi connectivity index (χ0n) is 20.5. The smallest absolute Gasteiger partial charge is 0.456 e. The van der Waals surface area contributed by atoms with E-state index in [4.69, 9.17) is 16.3 Å². The van der Waals surface area contributed by atoms with Crippen LogP contribution in [-0.4, -0.2) is 53.6 Å². The molecule has 2 aromatic carbocycles. The first-order chi connectivity index (χ1) is 17.4. The number of aliphatic hydroxyl groups excluding tert-OH is 1. The molecule has 2 aromatic rings. The molecule has 13 heteroatoms. The van der Waals surface area contributed by atoms with E-state index < -0.39 is 60.8 Å². The van der Waals surface area contributed by atoms with E-state index in [0.717, 1.165) is 0 Å². The Labute approximate surface area is 219 Å². The third-order valence-electron chi connectivity index (χ3n) is 4.99. The van der Waals surface area contributed by atoms with E-state index in [1.54, 1.807) is 45.0 Å². The van der Waals surface area contributed by atoms with Gasteiger partial charge in [0.25, 0.3) is 0 Å². The third-order valence-corrected chi connectivity index (χ3v) is 5.22. The van der Waals surface area contributed by atoms with Gasteiger partial charge in [0.05, 0.1) is 0 Å². The Bertz CT molecular complexity index is 1120. The maximum Gasteiger partial charge on any atom is 0.456 e. The highest BCUT2D eigenvalue weighted by atomic mass is 35.5. The molecule has 0 aliphatic heterocycles. The van der Waals surface area contributed by atoms with Crippen LogP contribution in [0.5, 0.6) is 0 Å². The van der Waals surface area contributed by atoms with Crippen molar-refractivity contribution in [1.29, 1.82) is 0 Å². The predicted molar refractivity (Wildman–Crippen MR) is 126 cm³/mol. The number of alkyl carbamates (subject to hydrolysis) is 1. The van der Waals surface area contributed by atoms with Gasteiger partial charge in [0, 0.05) is 23.0 Å². The molecule has 0 fully saturated rings. The average molecular weight is 570 g/mol. The standard InChI is InChI=1S/C25H26ClF6NO5/c1-23(2,3)38-22(36)33-17(12-20(34)21(35)37-13-24(28,29)25(30,31)32)10-14-4-6-15(7-5-14)18-11-16(26)8-9-19(18)27/h4-9,11,17,20,34H,10,12-13H2,1-3H3,(H,33,36)/t17-,20-/m1/s1. The highest BCUT2D eigenvalue weighted by Gasteiger charge is 2.58. The minimum atomic E-state index is -5.95. The Kier molecular flexibility index (Phi) is 10.1. The number of carbonyl (C=O) groups excluding carboxylic acids is 2. The molecule has 0 spiro atoms. The minimum Gasteiger partial charge on any atom is -0.457 e. The molecule has 0 aromatic heterocycles. The lowest BCUT2D eigenvalue weighted by Gasteiger charge is -2.25. The average Bonchev–Trinajstić information content (AvgIpc) is 2.77. The van der Waals surface area contributed by atoms with Gasteiger partial charge in [0.1, 0.15) is 11.4 Å². The van der Waals surface area contributed by atoms with Gasteiger partial charge in [-0.05, 0) is 56.5 Å². The summed E-state index contributed by atoms with van der Waals surface area (Å²) < 4.78 is 86.3. The molecule has 0 saturated heterocycles. The second kappa shape index (κ2) is 12.2. The summed E-state index contributed by atoms with van der Waals surface area (Å²) >= 11 is 5.93. The number of halogens is 7. The molecule has 0 saturated carbocycles. The molecule has 210 valence electrons. The van der Waals surface area contributed by atoms with Gasteiger partial charge < -0.3 is 19.9 Å². The summed E-state index contributed by atoms with van der Waals surface area (Å²) in [6.45, 7) is 2.45. The van der Waals surface area contributed by atoms with Crippen molar-refractivity contribution in [2.24, 2.45) is 0 Å². The van der Waals surface area contributed by atoms with E-state index in [9.17, 15) is 41.0 Å². The molecule has 0 radical (unpaired) electrons. The summed E-state index contributed by atoms with van der Waals surface area (Å²) in [6.07, 6.45) is -9.64. The molecule has 2 atom stereocenters. The summed E-state index contributed by atoms with van der Waals surface area (Å²) in [6, 6.07) is 9.28. The second-order valence-electron chi connectivity index (χ2n) is 9.43. The van der Waals surface area contributed by atoms with Crippen LogP contribution < -0.4 is 5.32 Å². The van der Waals surface area contributed by atoms with E-state index in [0.29, 0.717) is 16.1 Å². The van der Waals surface area contributed by atoms with Crippen LogP contribution in [0, 0.1) is 5.82 Å². The molecule has 2 N–H and O–H groups in total. The maximum atomic E-state index is 14.2. The molecular weight excluding hydrogens is 544 g/mol. The summed E-state index contributed by atoms with van der Waals surface area (Å²) in [4.78, 5) is 24.2. The highest BCUT2D eigenvalue weighted by Crippen LogP contribution is 2.35. The van der Waals surface area contributed by atoms with Crippen LogP contribution in [0.25, 0.3) is 11.1 Å². The van der Waals surface area contributed by atoms with Crippen molar-refractivity contribution >= 4 is 23.7 Å². The molecular formula is C25H26ClF6NO5. The zero-order valence-corrected chi connectivity index (χ0v) is 21.3. The number of rotatable bonds is 9. The predicted octanol–water partition coefficient (Wildman–Crippen LogP) is 6.07. The van der Waals surface area contributed by atoms with E-state index >= 15 is 0 Å². The minimum absolute atomic E-state index is 0.0272. The van der Waals surface area contributed by atoms with Crippen molar-refractivity contribution in [1.82, 2.24) is 5.32 Å². The number of carbonyl (C=O) groups is 2. The number of ether oxygens (including phenoxy) is 2. The zero-order chi connectivity index (χ0) is 28.9. The Morgan fingerprint density at radius 2 is 1.63 bits per heavy atom. The van der Waals surface area contributed by atoms with Crippen LogP contribution in [0.3, 0.4) is 0 Å². The van der Waals surface area contributed by atoms with Crippen LogP contribution >= 0.6 is 11.6 Å². The van der Waals surface area contributed by atoms with E-state index in [-0.39, 0.29) is 12.0 Å². The Balaban J connectivity index is 2.16. The van der Waals surface area contributed by atoms with Gasteiger partial charge in [0.15, 0.2) is 12.7 Å². The molecule has 0 heterocycles. The maximum absolute atomic E-state index is 14.2. The lowest BCUT2D eigenvalue weighted by molar-refractivity contribution is -0.294. The van der Waals surface area contributed by atoms with E-state index in [2.05, 4.69) is 10.1 Å². The van der Waals surface area contributed by atoms with Crippen molar-refractivity contribution in [3.8, 4) is 11.1 Å². The molecule has 0 aliphatic carbocycles. The fraction of sp³-hybridized carbons (Fsp3) is 0.440. The van der Waals surface area contributed by atoms with E-state index in [1.165, 1.54) is 18.2 Å². The fourth-order valence-electron chi connectivity index (χ4n) is 3.20. The molecule has 0 unspecified atom stereocenters. The summed E-state index contributed by atoms with van der Waals surface area (Å²) in [5.41, 5.74) is 0.361. The molecule has 0 aliphatic rings. The number of hydrogen-bond donors (Lipinski definition) is 2. The topological polar surface area (TPSA) is 84.9 Å². The van der Waals surface area contributed by atoms with Crippen molar-refractivity contribution < 1.29 is 50.5 Å². The molecule has 6 nitrogen and oxygen atoms in total. The number of amides is 1. The molecule has 1 amide bonds. The lowest BCUT2D eigenvalue weighted by atomic mass is 9.97. The Morgan fingerprint density at radius 3 is 2.18 bits per heavy atom. The number of nitrogens with one attached hydrogen (secondary N) is 1. The fourth-order valence-corrected chi connectivity index (χ4v) is 3.37.